The molecule has 1 aliphatic heterocycles. The van der Waals surface area contributed by atoms with E-state index in [1.165, 1.54) is 6.07 Å². The summed E-state index contributed by atoms with van der Waals surface area (Å²) in [6.45, 7) is 6.81. The fraction of sp³-hybridized carbons (Fsp3) is 0.647. The van der Waals surface area contributed by atoms with Crippen LogP contribution in [0.5, 0.6) is 11.5 Å². The van der Waals surface area contributed by atoms with Crippen molar-refractivity contribution in [2.24, 2.45) is 0 Å². The van der Waals surface area contributed by atoms with Crippen molar-refractivity contribution >= 4 is 10.0 Å². The lowest BCUT2D eigenvalue weighted by Crippen LogP contribution is -2.29. The van der Waals surface area contributed by atoms with Gasteiger partial charge in [0.2, 0.25) is 10.0 Å². The molecular formula is C17H28N2O4S. The van der Waals surface area contributed by atoms with Crippen molar-refractivity contribution in [3.63, 3.8) is 0 Å². The van der Waals surface area contributed by atoms with Crippen LogP contribution in [0.4, 0.5) is 0 Å². The van der Waals surface area contributed by atoms with E-state index in [0.29, 0.717) is 37.3 Å². The molecule has 0 bridgehead atoms. The highest BCUT2D eigenvalue weighted by molar-refractivity contribution is 7.89. The normalized spacial score (nSPS) is 14.9. The Morgan fingerprint density at radius 2 is 1.88 bits per heavy atom. The molecule has 0 saturated carbocycles. The van der Waals surface area contributed by atoms with Crippen molar-refractivity contribution in [1.29, 1.82) is 0 Å². The second-order valence-electron chi connectivity index (χ2n) is 6.34. The molecule has 1 aromatic rings. The number of sulfonamides is 1. The largest absolute Gasteiger partial charge is 0.490 e. The van der Waals surface area contributed by atoms with E-state index in [0.717, 1.165) is 25.8 Å². The molecule has 1 N–H and O–H groups in total. The summed E-state index contributed by atoms with van der Waals surface area (Å²) < 4.78 is 38.5. The van der Waals surface area contributed by atoms with Crippen LogP contribution in [-0.4, -0.2) is 52.7 Å². The second kappa shape index (κ2) is 8.69. The number of ether oxygens (including phenoxy) is 2. The highest BCUT2D eigenvalue weighted by Crippen LogP contribution is 2.31. The summed E-state index contributed by atoms with van der Waals surface area (Å²) in [7, 11) is -1.45. The molecule has 24 heavy (non-hydrogen) atoms. The molecule has 0 unspecified atom stereocenters. The first-order valence-corrected chi connectivity index (χ1v) is 9.98. The van der Waals surface area contributed by atoms with Crippen LogP contribution in [0.15, 0.2) is 23.1 Å². The van der Waals surface area contributed by atoms with Gasteiger partial charge in [-0.2, -0.15) is 0 Å². The minimum Gasteiger partial charge on any atom is -0.490 e. The third kappa shape index (κ3) is 5.36. The molecule has 2 rings (SSSR count). The Bertz CT molecular complexity index is 631. The summed E-state index contributed by atoms with van der Waals surface area (Å²) in [5, 5.41) is 0. The van der Waals surface area contributed by atoms with Gasteiger partial charge in [0.1, 0.15) is 0 Å². The number of benzene rings is 1. The van der Waals surface area contributed by atoms with Crippen molar-refractivity contribution in [1.82, 2.24) is 9.62 Å². The van der Waals surface area contributed by atoms with E-state index in [-0.39, 0.29) is 4.90 Å². The first-order chi connectivity index (χ1) is 11.4. The number of hydrogen-bond acceptors (Lipinski definition) is 5. The number of fused-ring (bicyclic) bond motifs is 1. The second-order valence-corrected chi connectivity index (χ2v) is 8.11. The maximum absolute atomic E-state index is 12.4. The Morgan fingerprint density at radius 3 is 2.58 bits per heavy atom. The molecule has 7 heteroatoms. The Kier molecular flexibility index (Phi) is 6.89. The lowest BCUT2D eigenvalue weighted by Gasteiger charge is -2.20. The van der Waals surface area contributed by atoms with Crippen molar-refractivity contribution in [2.45, 2.75) is 44.0 Å². The molecule has 0 atom stereocenters. The van der Waals surface area contributed by atoms with Crippen LogP contribution < -0.4 is 14.2 Å². The van der Waals surface area contributed by atoms with Gasteiger partial charge >= 0.3 is 0 Å². The third-order valence-electron chi connectivity index (χ3n) is 4.14. The van der Waals surface area contributed by atoms with Gasteiger partial charge in [-0.25, -0.2) is 13.1 Å². The molecule has 1 aliphatic rings. The van der Waals surface area contributed by atoms with Gasteiger partial charge in [0.05, 0.1) is 18.1 Å². The Hall–Kier alpha value is -1.31. The number of hydrogen-bond donors (Lipinski definition) is 1. The van der Waals surface area contributed by atoms with Crippen molar-refractivity contribution in [3.8, 4) is 11.5 Å². The van der Waals surface area contributed by atoms with Crippen LogP contribution in [0.25, 0.3) is 0 Å². The SMILES string of the molecule is CC(C)N(C)CCCCNS(=O)(=O)c1ccc2c(c1)OCCCO2. The zero-order chi connectivity index (χ0) is 17.6. The average molecular weight is 356 g/mol. The minimum absolute atomic E-state index is 0.214. The molecular weight excluding hydrogens is 328 g/mol. The standard InChI is InChI=1S/C17H28N2O4S/c1-14(2)19(3)10-5-4-9-18-24(20,21)15-7-8-16-17(13-15)23-12-6-11-22-16/h7-8,13-14,18H,4-6,9-12H2,1-3H3. The van der Waals surface area contributed by atoms with Crippen molar-refractivity contribution < 1.29 is 17.9 Å². The molecule has 0 aliphatic carbocycles. The summed E-state index contributed by atoms with van der Waals surface area (Å²) in [6, 6.07) is 5.26. The average Bonchev–Trinajstić information content (AvgIpc) is 2.78. The third-order valence-corrected chi connectivity index (χ3v) is 5.60. The molecule has 0 aromatic heterocycles. The zero-order valence-corrected chi connectivity index (χ0v) is 15.6. The maximum Gasteiger partial charge on any atom is 0.240 e. The molecule has 136 valence electrons. The minimum atomic E-state index is -3.52. The van der Waals surface area contributed by atoms with Gasteiger partial charge in [-0.05, 0) is 52.4 Å². The molecule has 6 nitrogen and oxygen atoms in total. The van der Waals surface area contributed by atoms with Crippen molar-refractivity contribution in [2.75, 3.05) is 33.4 Å². The predicted octanol–water partition coefficient (Wildman–Crippen LogP) is 2.25. The van der Waals surface area contributed by atoms with Crippen LogP contribution in [0, 0.1) is 0 Å². The van der Waals surface area contributed by atoms with Gasteiger partial charge in [0.25, 0.3) is 0 Å². The van der Waals surface area contributed by atoms with Gasteiger partial charge in [-0.3, -0.25) is 0 Å². The van der Waals surface area contributed by atoms with Crippen LogP contribution in [0.2, 0.25) is 0 Å². The smallest absolute Gasteiger partial charge is 0.240 e. The first kappa shape index (κ1) is 19.0. The molecule has 0 spiro atoms. The molecule has 1 aromatic carbocycles. The van der Waals surface area contributed by atoms with E-state index in [1.807, 2.05) is 0 Å². The summed E-state index contributed by atoms with van der Waals surface area (Å²) >= 11 is 0. The first-order valence-electron chi connectivity index (χ1n) is 8.50. The summed E-state index contributed by atoms with van der Waals surface area (Å²) in [5.74, 6) is 1.09. The Balaban J connectivity index is 1.87. The fourth-order valence-electron chi connectivity index (χ4n) is 2.35. The number of unbranched alkanes of at least 4 members (excludes halogenated alkanes) is 1. The predicted molar refractivity (Wildman–Crippen MR) is 94.2 cm³/mol. The molecule has 0 radical (unpaired) electrons. The molecule has 1 heterocycles. The highest BCUT2D eigenvalue weighted by atomic mass is 32.2. The summed E-state index contributed by atoms with van der Waals surface area (Å²) in [6.07, 6.45) is 2.55. The van der Waals surface area contributed by atoms with Gasteiger partial charge in [0, 0.05) is 25.1 Å². The maximum atomic E-state index is 12.4. The number of nitrogens with one attached hydrogen (secondary N) is 1. The van der Waals surface area contributed by atoms with Gasteiger partial charge in [-0.1, -0.05) is 0 Å². The lowest BCUT2D eigenvalue weighted by molar-refractivity contribution is 0.268. The molecule has 0 amide bonds. The summed E-state index contributed by atoms with van der Waals surface area (Å²) in [5.41, 5.74) is 0. The van der Waals surface area contributed by atoms with Gasteiger partial charge in [-0.15, -0.1) is 0 Å². The van der Waals surface area contributed by atoms with Gasteiger partial charge in [0.15, 0.2) is 11.5 Å². The van der Waals surface area contributed by atoms with Crippen molar-refractivity contribution in [3.05, 3.63) is 18.2 Å². The zero-order valence-electron chi connectivity index (χ0n) is 14.7. The van der Waals surface area contributed by atoms with Crippen LogP contribution in [-0.2, 0) is 10.0 Å². The molecule has 0 fully saturated rings. The van der Waals surface area contributed by atoms with Crippen LogP contribution in [0.3, 0.4) is 0 Å². The van der Waals surface area contributed by atoms with E-state index in [4.69, 9.17) is 9.47 Å². The highest BCUT2D eigenvalue weighted by Gasteiger charge is 2.18. The fourth-order valence-corrected chi connectivity index (χ4v) is 3.43. The van der Waals surface area contributed by atoms with E-state index >= 15 is 0 Å². The van der Waals surface area contributed by atoms with Crippen LogP contribution in [0.1, 0.15) is 33.1 Å². The van der Waals surface area contributed by atoms with E-state index < -0.39 is 10.0 Å². The topological polar surface area (TPSA) is 67.9 Å². The number of rotatable bonds is 8. The summed E-state index contributed by atoms with van der Waals surface area (Å²) in [4.78, 5) is 2.46. The Morgan fingerprint density at radius 1 is 1.17 bits per heavy atom. The quantitative estimate of drug-likeness (QED) is 0.724. The van der Waals surface area contributed by atoms with E-state index in [2.05, 4.69) is 30.5 Å². The molecule has 0 saturated heterocycles. The monoisotopic (exact) mass is 356 g/mol. The van der Waals surface area contributed by atoms with Crippen LogP contribution >= 0.6 is 0 Å². The Labute approximate surface area is 145 Å². The number of nitrogens with zero attached hydrogens (tertiary/aromatic N) is 1. The van der Waals surface area contributed by atoms with Gasteiger partial charge < -0.3 is 14.4 Å². The van der Waals surface area contributed by atoms with E-state index in [9.17, 15) is 8.42 Å². The van der Waals surface area contributed by atoms with E-state index in [1.54, 1.807) is 12.1 Å². The lowest BCUT2D eigenvalue weighted by atomic mass is 10.2.